The fourth-order valence-electron chi connectivity index (χ4n) is 3.52. The molecule has 0 amide bonds. The van der Waals surface area contributed by atoms with Gasteiger partial charge in [0, 0.05) is 18.4 Å². The van der Waals surface area contributed by atoms with Gasteiger partial charge >= 0.3 is 42.5 Å². The van der Waals surface area contributed by atoms with Crippen molar-refractivity contribution in [3.8, 4) is 0 Å². The van der Waals surface area contributed by atoms with Crippen molar-refractivity contribution in [1.82, 2.24) is 121 Å². The molecule has 382 valence electrons. The molecule has 7 rings (SSSR count). The van der Waals surface area contributed by atoms with Crippen molar-refractivity contribution in [2.45, 2.75) is 87.4 Å². The summed E-state index contributed by atoms with van der Waals surface area (Å²) in [6, 6.07) is 0. The third kappa shape index (κ3) is 15.9. The predicted octanol–water partition coefficient (Wildman–Crippen LogP) is 3.42. The summed E-state index contributed by atoms with van der Waals surface area (Å²) >= 11 is 0. The average molecular weight is 1020 g/mol. The molecule has 0 bridgehead atoms. The Labute approximate surface area is 365 Å². The predicted molar refractivity (Wildman–Crippen MR) is 178 cm³/mol. The van der Waals surface area contributed by atoms with Crippen molar-refractivity contribution in [2.24, 2.45) is 42.3 Å². The van der Waals surface area contributed by atoms with Crippen LogP contribution in [0.25, 0.3) is 0 Å². The van der Waals surface area contributed by atoms with Gasteiger partial charge in [0.25, 0.3) is 23.3 Å². The average Bonchev–Trinajstić information content (AvgIpc) is 3.86. The maximum absolute atomic E-state index is 12.8. The molecule has 42 heteroatoms. The minimum atomic E-state index is -6.41. The lowest BCUT2D eigenvalue weighted by molar-refractivity contribution is -0.361. The lowest BCUT2D eigenvalue weighted by Gasteiger charge is -2.25. The van der Waals surface area contributed by atoms with Crippen LogP contribution in [0.15, 0.2) is 0 Å². The number of aryl methyl sites for hydroxylation is 6. The Morgan fingerprint density at radius 3 is 0.985 bits per heavy atom. The van der Waals surface area contributed by atoms with Gasteiger partial charge in [-0.15, -0.1) is 56.1 Å². The number of nitrogens with zero attached hydrogens (tertiary/aromatic N) is 24. The lowest BCUT2D eigenvalue weighted by Crippen LogP contribution is -2.50. The number of tetrazole rings is 6. The first kappa shape index (κ1) is 57.3. The Morgan fingerprint density at radius 2 is 0.765 bits per heavy atom. The van der Waals surface area contributed by atoms with Gasteiger partial charge in [-0.25, -0.2) is 4.68 Å². The van der Waals surface area contributed by atoms with E-state index in [9.17, 15) is 79.0 Å². The van der Waals surface area contributed by atoms with Crippen LogP contribution in [0.4, 0.5) is 79.0 Å². The van der Waals surface area contributed by atoms with Gasteiger partial charge in [0.1, 0.15) is 0 Å². The third-order valence-electron chi connectivity index (χ3n) is 6.97. The largest absolute Gasteiger partial charge is 0.461 e. The van der Waals surface area contributed by atoms with Crippen molar-refractivity contribution >= 4 is 0 Å². The van der Waals surface area contributed by atoms with Gasteiger partial charge in [-0.3, -0.25) is 0 Å². The van der Waals surface area contributed by atoms with Gasteiger partial charge in [-0.05, 0) is 49.3 Å². The molecular weight excluding hydrogens is 990 g/mol. The number of halogens is 18. The summed E-state index contributed by atoms with van der Waals surface area (Å²) in [5.74, 6) is -20.5. The zero-order valence-corrected chi connectivity index (χ0v) is 35.5. The van der Waals surface area contributed by atoms with Crippen LogP contribution < -0.4 is 0 Å². The minimum absolute atomic E-state index is 0.00819. The Balaban J connectivity index is 0.000000283. The van der Waals surface area contributed by atoms with E-state index >= 15 is 0 Å². The van der Waals surface area contributed by atoms with E-state index in [1.807, 2.05) is 0 Å². The second-order valence-corrected chi connectivity index (χ2v) is 13.9. The molecule has 0 spiro atoms. The summed E-state index contributed by atoms with van der Waals surface area (Å²) in [6.45, 7) is 6.18. The molecule has 0 saturated heterocycles. The van der Waals surface area contributed by atoms with Crippen LogP contribution in [0.1, 0.15) is 74.5 Å². The van der Waals surface area contributed by atoms with E-state index < -0.39 is 65.8 Å². The highest BCUT2D eigenvalue weighted by atomic mass is 19.4. The van der Waals surface area contributed by atoms with E-state index in [2.05, 4.69) is 113 Å². The fourth-order valence-corrected chi connectivity index (χ4v) is 3.52. The quantitative estimate of drug-likeness (QED) is 0.229. The van der Waals surface area contributed by atoms with Gasteiger partial charge in [0.15, 0.2) is 11.6 Å². The van der Waals surface area contributed by atoms with Crippen molar-refractivity contribution in [2.75, 3.05) is 0 Å². The zero-order valence-electron chi connectivity index (χ0n) is 35.5. The van der Waals surface area contributed by atoms with Gasteiger partial charge in [-0.2, -0.15) is 103 Å². The summed E-state index contributed by atoms with van der Waals surface area (Å²) < 4.78 is 216. The second-order valence-electron chi connectivity index (χ2n) is 13.9. The SMILES string of the molecule is Cn1nnc(C(C)(C)C)n1.Cn1nnc(C(F)(F)C(F)(F)C(F)(F)F)n1.Cn1nnc(C(F)(F)C(F)(F)F)n1.Cn1nnc(C(F)(F)F)n1.Cn1nnc(C2CC2)n1.Cn1nnnc1C(F)(F)F. The van der Waals surface area contributed by atoms with Crippen LogP contribution in [0, 0.1) is 0 Å². The first-order valence-corrected chi connectivity index (χ1v) is 17.5. The first-order chi connectivity index (χ1) is 30.6. The zero-order chi connectivity index (χ0) is 52.6. The highest BCUT2D eigenvalue weighted by Crippen LogP contribution is 2.50. The molecule has 1 saturated carbocycles. The van der Waals surface area contributed by atoms with Gasteiger partial charge in [0.2, 0.25) is 0 Å². The standard InChI is InChI=1S/C6H12N4.C5H3F7N4.C5H8N4.C4H3F5N4.2C3H3F3N4/c1-6(2,3)5-7-9-10(4)8-5;1-16-14-2(13-15-16)3(6,7)4(8,9)5(10,11)12;1-9-7-5(6-8-9)4-2-3-4;1-13-11-2(10-12-13)3(5,6)4(7,8)9;1-10-2(3(4,5)6)7-8-9-10;1-10-8-2(7-9-10)3(4,5)6/h1-4H3;1H3;4H,2-3H2,1H3;1H3;2*1H3. The Kier molecular flexibility index (Phi) is 17.7. The van der Waals surface area contributed by atoms with Crippen LogP contribution in [0.2, 0.25) is 0 Å². The highest BCUT2D eigenvalue weighted by molar-refractivity contribution is 5.03. The molecule has 0 N–H and O–H groups in total. The first-order valence-electron chi connectivity index (χ1n) is 17.5. The van der Waals surface area contributed by atoms with Crippen LogP contribution in [-0.2, 0) is 71.9 Å². The Hall–Kier alpha value is -6.84. The van der Waals surface area contributed by atoms with Crippen molar-refractivity contribution < 1.29 is 79.0 Å². The molecular formula is C26H32F18N24. The van der Waals surface area contributed by atoms with Crippen molar-refractivity contribution in [1.29, 1.82) is 0 Å². The number of rotatable bonds is 4. The van der Waals surface area contributed by atoms with Gasteiger partial charge < -0.3 is 0 Å². The van der Waals surface area contributed by atoms with Gasteiger partial charge in [-0.1, -0.05) is 20.8 Å². The van der Waals surface area contributed by atoms with E-state index in [1.54, 1.807) is 14.1 Å². The fraction of sp³-hybridized carbons (Fsp3) is 0.769. The smallest absolute Gasteiger partial charge is 0.225 e. The Morgan fingerprint density at radius 1 is 0.397 bits per heavy atom. The molecule has 6 aromatic heterocycles. The van der Waals surface area contributed by atoms with Crippen LogP contribution >= 0.6 is 0 Å². The third-order valence-corrected chi connectivity index (χ3v) is 6.97. The molecule has 1 aliphatic rings. The summed E-state index contributed by atoms with van der Waals surface area (Å²) in [4.78, 5) is 4.60. The molecule has 6 aromatic rings. The van der Waals surface area contributed by atoms with Crippen LogP contribution in [0.5, 0.6) is 0 Å². The van der Waals surface area contributed by atoms with Crippen LogP contribution in [-0.4, -0.2) is 140 Å². The van der Waals surface area contributed by atoms with Gasteiger partial charge in [0.05, 0.1) is 35.2 Å². The molecule has 68 heavy (non-hydrogen) atoms. The van der Waals surface area contributed by atoms with E-state index in [0.717, 1.165) is 37.6 Å². The van der Waals surface area contributed by atoms with E-state index in [0.29, 0.717) is 20.2 Å². The van der Waals surface area contributed by atoms with Crippen molar-refractivity contribution in [3.05, 3.63) is 34.9 Å². The molecule has 0 aromatic carbocycles. The number of hydrogen-bond acceptors (Lipinski definition) is 18. The summed E-state index contributed by atoms with van der Waals surface area (Å²) in [6.07, 6.45) is -18.6. The maximum atomic E-state index is 12.8. The van der Waals surface area contributed by atoms with Crippen molar-refractivity contribution in [3.63, 3.8) is 0 Å². The van der Waals surface area contributed by atoms with E-state index in [-0.39, 0.29) is 5.41 Å². The maximum Gasteiger partial charge on any atom is 0.461 e. The molecule has 24 nitrogen and oxygen atoms in total. The lowest BCUT2D eigenvalue weighted by atomic mass is 9.96. The molecule has 6 heterocycles. The van der Waals surface area contributed by atoms with E-state index in [1.165, 1.54) is 29.5 Å². The number of alkyl halides is 18. The topological polar surface area (TPSA) is 262 Å². The molecule has 1 aliphatic carbocycles. The monoisotopic (exact) mass is 1020 g/mol. The molecule has 0 radical (unpaired) electrons. The molecule has 1 fully saturated rings. The van der Waals surface area contributed by atoms with Crippen LogP contribution in [0.3, 0.4) is 0 Å². The summed E-state index contributed by atoms with van der Waals surface area (Å²) in [5, 5.41) is 56.8. The summed E-state index contributed by atoms with van der Waals surface area (Å²) in [5.41, 5.74) is 0.00819. The molecule has 0 atom stereocenters. The normalized spacial score (nSPS) is 13.6. The number of hydrogen-bond donors (Lipinski definition) is 0. The number of aromatic nitrogens is 24. The molecule has 0 unspecified atom stereocenters. The summed E-state index contributed by atoms with van der Waals surface area (Å²) in [7, 11) is 7.98. The minimum Gasteiger partial charge on any atom is -0.225 e. The second kappa shape index (κ2) is 21.0. The Bertz CT molecular complexity index is 2390. The highest BCUT2D eigenvalue weighted by Gasteiger charge is 2.75. The molecule has 0 aliphatic heterocycles. The van der Waals surface area contributed by atoms with E-state index in [4.69, 9.17) is 0 Å².